The number of hydrogen-bond acceptors (Lipinski definition) is 3. The van der Waals surface area contributed by atoms with Gasteiger partial charge in [-0.25, -0.2) is 0 Å². The number of carbonyl (C=O) groups is 1. The van der Waals surface area contributed by atoms with Crippen LogP contribution in [0.5, 0.6) is 0 Å². The van der Waals surface area contributed by atoms with Gasteiger partial charge in [0.15, 0.2) is 5.78 Å². The summed E-state index contributed by atoms with van der Waals surface area (Å²) < 4.78 is 37.7. The fourth-order valence-electron chi connectivity index (χ4n) is 1.24. The zero-order chi connectivity index (χ0) is 12.5. The number of halogens is 4. The van der Waals surface area contributed by atoms with E-state index in [-0.39, 0.29) is 11.4 Å². The molecule has 0 aliphatic heterocycles. The van der Waals surface area contributed by atoms with Crippen molar-refractivity contribution >= 4 is 28.8 Å². The van der Waals surface area contributed by atoms with Gasteiger partial charge in [0.2, 0.25) is 0 Å². The zero-order valence-electron chi connectivity index (χ0n) is 7.94. The van der Waals surface area contributed by atoms with Crippen molar-refractivity contribution in [3.05, 3.63) is 23.3 Å². The summed E-state index contributed by atoms with van der Waals surface area (Å²) >= 11 is 5.22. The second kappa shape index (κ2) is 4.21. The summed E-state index contributed by atoms with van der Waals surface area (Å²) in [6.45, 7) is 0. The second-order valence-electron chi connectivity index (χ2n) is 3.05. The SMILES string of the molecule is Nc1ccc(C(F)(F)F)c(C(=O)CCl)c1N. The second-order valence-corrected chi connectivity index (χ2v) is 3.31. The summed E-state index contributed by atoms with van der Waals surface area (Å²) in [5.41, 5.74) is 8.43. The third-order valence-corrected chi connectivity index (χ3v) is 2.23. The molecule has 0 saturated heterocycles. The van der Waals surface area contributed by atoms with Crippen molar-refractivity contribution in [2.24, 2.45) is 0 Å². The number of nitrogens with two attached hydrogens (primary N) is 2. The third kappa shape index (κ3) is 2.21. The van der Waals surface area contributed by atoms with E-state index in [1.807, 2.05) is 0 Å². The number of hydrogen-bond donors (Lipinski definition) is 2. The van der Waals surface area contributed by atoms with Gasteiger partial charge in [-0.1, -0.05) is 0 Å². The molecule has 88 valence electrons. The molecule has 1 aromatic carbocycles. The van der Waals surface area contributed by atoms with Crippen LogP contribution in [0.2, 0.25) is 0 Å². The minimum absolute atomic E-state index is 0.0820. The van der Waals surface area contributed by atoms with Crippen LogP contribution in [0.1, 0.15) is 15.9 Å². The molecule has 3 nitrogen and oxygen atoms in total. The number of benzene rings is 1. The van der Waals surface area contributed by atoms with E-state index in [1.54, 1.807) is 0 Å². The van der Waals surface area contributed by atoms with Crippen molar-refractivity contribution in [1.29, 1.82) is 0 Å². The van der Waals surface area contributed by atoms with E-state index in [9.17, 15) is 18.0 Å². The van der Waals surface area contributed by atoms with E-state index in [4.69, 9.17) is 23.1 Å². The first-order valence-electron chi connectivity index (χ1n) is 4.13. The van der Waals surface area contributed by atoms with Crippen molar-refractivity contribution in [2.75, 3.05) is 17.3 Å². The lowest BCUT2D eigenvalue weighted by atomic mass is 10.0. The van der Waals surface area contributed by atoms with Gasteiger partial charge in [-0.2, -0.15) is 13.2 Å². The number of Topliss-reactive ketones (excluding diaryl/α,β-unsaturated/α-hetero) is 1. The maximum absolute atomic E-state index is 12.6. The van der Waals surface area contributed by atoms with E-state index in [2.05, 4.69) is 0 Å². The Balaban J connectivity index is 3.51. The summed E-state index contributed by atoms with van der Waals surface area (Å²) in [5, 5.41) is 0. The number of carbonyl (C=O) groups excluding carboxylic acids is 1. The van der Waals surface area contributed by atoms with Crippen LogP contribution >= 0.6 is 11.6 Å². The van der Waals surface area contributed by atoms with Gasteiger partial charge >= 0.3 is 6.18 Å². The number of ketones is 1. The molecule has 4 N–H and O–H groups in total. The fourth-order valence-corrected chi connectivity index (χ4v) is 1.37. The lowest BCUT2D eigenvalue weighted by Crippen LogP contribution is -2.17. The molecule has 0 fully saturated rings. The maximum Gasteiger partial charge on any atom is 0.417 e. The molecule has 0 aliphatic carbocycles. The molecular formula is C9H8ClF3N2O. The molecule has 0 radical (unpaired) electrons. The molecule has 0 unspecified atom stereocenters. The average molecular weight is 253 g/mol. The smallest absolute Gasteiger partial charge is 0.397 e. The highest BCUT2D eigenvalue weighted by Gasteiger charge is 2.36. The third-order valence-electron chi connectivity index (χ3n) is 1.98. The van der Waals surface area contributed by atoms with E-state index in [0.717, 1.165) is 6.07 Å². The topological polar surface area (TPSA) is 69.1 Å². The van der Waals surface area contributed by atoms with Gasteiger partial charge in [0.05, 0.1) is 28.4 Å². The van der Waals surface area contributed by atoms with Crippen molar-refractivity contribution in [2.45, 2.75) is 6.18 Å². The highest BCUT2D eigenvalue weighted by atomic mass is 35.5. The Kier molecular flexibility index (Phi) is 3.32. The van der Waals surface area contributed by atoms with Crippen LogP contribution in [-0.2, 0) is 6.18 Å². The predicted molar refractivity (Wildman–Crippen MR) is 55.3 cm³/mol. The summed E-state index contributed by atoms with van der Waals surface area (Å²) in [6, 6.07) is 1.72. The molecule has 16 heavy (non-hydrogen) atoms. The van der Waals surface area contributed by atoms with Gasteiger partial charge < -0.3 is 11.5 Å². The van der Waals surface area contributed by atoms with Crippen molar-refractivity contribution in [1.82, 2.24) is 0 Å². The largest absolute Gasteiger partial charge is 0.417 e. The zero-order valence-corrected chi connectivity index (χ0v) is 8.69. The first-order chi connectivity index (χ1) is 7.29. The number of nitrogen functional groups attached to an aromatic ring is 2. The Morgan fingerprint density at radius 3 is 2.31 bits per heavy atom. The minimum atomic E-state index is -4.67. The Morgan fingerprint density at radius 2 is 1.88 bits per heavy atom. The minimum Gasteiger partial charge on any atom is -0.397 e. The van der Waals surface area contributed by atoms with Gasteiger partial charge in [0, 0.05) is 0 Å². The van der Waals surface area contributed by atoms with Gasteiger partial charge in [-0.15, -0.1) is 11.6 Å². The van der Waals surface area contributed by atoms with Crippen molar-refractivity contribution in [3.8, 4) is 0 Å². The van der Waals surface area contributed by atoms with Crippen LogP contribution in [0.25, 0.3) is 0 Å². The first kappa shape index (κ1) is 12.6. The Bertz CT molecular complexity index is 431. The van der Waals surface area contributed by atoms with E-state index in [0.29, 0.717) is 6.07 Å². The quantitative estimate of drug-likeness (QED) is 0.482. The molecule has 0 saturated carbocycles. The van der Waals surface area contributed by atoms with Crippen molar-refractivity contribution < 1.29 is 18.0 Å². The van der Waals surface area contributed by atoms with Gasteiger partial charge in [0.1, 0.15) is 0 Å². The molecule has 1 aromatic rings. The van der Waals surface area contributed by atoms with Crippen LogP contribution in [0.3, 0.4) is 0 Å². The Morgan fingerprint density at radius 1 is 1.31 bits per heavy atom. The van der Waals surface area contributed by atoms with E-state index in [1.165, 1.54) is 0 Å². The highest BCUT2D eigenvalue weighted by Crippen LogP contribution is 2.36. The lowest BCUT2D eigenvalue weighted by Gasteiger charge is -2.14. The molecule has 0 aliphatic rings. The maximum atomic E-state index is 12.6. The highest BCUT2D eigenvalue weighted by molar-refractivity contribution is 6.31. The first-order valence-corrected chi connectivity index (χ1v) is 4.66. The van der Waals surface area contributed by atoms with Crippen molar-refractivity contribution in [3.63, 3.8) is 0 Å². The number of anilines is 2. The van der Waals surface area contributed by atoms with Gasteiger partial charge in [-0.3, -0.25) is 4.79 Å². The van der Waals surface area contributed by atoms with Crippen LogP contribution < -0.4 is 11.5 Å². The number of alkyl halides is 4. The molecule has 0 aromatic heterocycles. The fraction of sp³-hybridized carbons (Fsp3) is 0.222. The monoisotopic (exact) mass is 252 g/mol. The molecule has 7 heteroatoms. The van der Waals surface area contributed by atoms with Crippen LogP contribution in [0.15, 0.2) is 12.1 Å². The lowest BCUT2D eigenvalue weighted by molar-refractivity contribution is -0.137. The summed E-state index contributed by atoms with van der Waals surface area (Å²) in [6.07, 6.45) is -4.67. The number of rotatable bonds is 2. The average Bonchev–Trinajstić information content (AvgIpc) is 2.19. The Hall–Kier alpha value is -1.43. The molecule has 0 spiro atoms. The van der Waals surface area contributed by atoms with Crippen LogP contribution in [-0.4, -0.2) is 11.7 Å². The van der Waals surface area contributed by atoms with Gasteiger partial charge in [-0.05, 0) is 12.1 Å². The van der Waals surface area contributed by atoms with Gasteiger partial charge in [0.25, 0.3) is 0 Å². The molecule has 0 heterocycles. The Labute approximate surface area is 94.2 Å². The van der Waals surface area contributed by atoms with Crippen LogP contribution in [0.4, 0.5) is 24.5 Å². The molecular weight excluding hydrogens is 245 g/mol. The standard InChI is InChI=1S/C9H8ClF3N2O/c10-3-6(16)7-4(9(11,12)13)1-2-5(14)8(7)15/h1-2H,3,14-15H2. The summed E-state index contributed by atoms with van der Waals surface area (Å²) in [7, 11) is 0. The molecule has 0 amide bonds. The summed E-state index contributed by atoms with van der Waals surface area (Å²) in [4.78, 5) is 11.3. The molecule has 0 atom stereocenters. The normalized spacial score (nSPS) is 11.5. The molecule has 1 rings (SSSR count). The van der Waals surface area contributed by atoms with E-state index >= 15 is 0 Å². The predicted octanol–water partition coefficient (Wildman–Crippen LogP) is 2.29. The molecule has 0 bridgehead atoms. The summed E-state index contributed by atoms with van der Waals surface area (Å²) in [5.74, 6) is -1.49. The van der Waals surface area contributed by atoms with Crippen LogP contribution in [0, 0.1) is 0 Å². The van der Waals surface area contributed by atoms with E-state index < -0.39 is 29.0 Å².